The lowest BCUT2D eigenvalue weighted by Gasteiger charge is -2.26. The van der Waals surface area contributed by atoms with Gasteiger partial charge in [0.1, 0.15) is 11.6 Å². The van der Waals surface area contributed by atoms with Crippen LogP contribution in [0.2, 0.25) is 0 Å². The summed E-state index contributed by atoms with van der Waals surface area (Å²) in [5.74, 6) is 1.08. The van der Waals surface area contributed by atoms with Gasteiger partial charge >= 0.3 is 0 Å². The van der Waals surface area contributed by atoms with Crippen molar-refractivity contribution >= 4 is 34.4 Å². The molecule has 2 aromatic heterocycles. The van der Waals surface area contributed by atoms with E-state index in [1.807, 2.05) is 37.3 Å². The summed E-state index contributed by atoms with van der Waals surface area (Å²) in [5, 5.41) is 7.98. The number of benzene rings is 2. The van der Waals surface area contributed by atoms with Crippen LogP contribution in [-0.4, -0.2) is 69.8 Å². The third kappa shape index (κ3) is 4.16. The van der Waals surface area contributed by atoms with Gasteiger partial charge in [0, 0.05) is 49.4 Å². The van der Waals surface area contributed by atoms with E-state index in [9.17, 15) is 4.79 Å². The number of rotatable bonds is 7. The topological polar surface area (TPSA) is 114 Å². The van der Waals surface area contributed by atoms with Crippen molar-refractivity contribution in [3.05, 3.63) is 70.7 Å². The van der Waals surface area contributed by atoms with E-state index in [0.717, 1.165) is 84.3 Å². The van der Waals surface area contributed by atoms with Crippen LogP contribution in [0.5, 0.6) is 0 Å². The Hall–Kier alpha value is -3.95. The molecule has 9 heteroatoms. The van der Waals surface area contributed by atoms with Crippen molar-refractivity contribution in [1.82, 2.24) is 24.6 Å². The molecular weight excluding hydrogens is 454 g/mol. The standard InChI is InChI=1S/C27H29N7O2/c1-17-31-24-6-5-20(15-25(24)32-17)34-27(28)22(16-30-34)26(35)19-13-18-3-2-4-23(21(18)14-19)29-7-8-33-9-11-36-12-10-33/h2-6,14-16,29H,7-13,28H2,1H3,(H,31,32). The fourth-order valence-electron chi connectivity index (χ4n) is 5.01. The van der Waals surface area contributed by atoms with Gasteiger partial charge in [-0.3, -0.25) is 9.69 Å². The second-order valence-electron chi connectivity index (χ2n) is 9.31. The number of anilines is 2. The summed E-state index contributed by atoms with van der Waals surface area (Å²) in [4.78, 5) is 23.5. The summed E-state index contributed by atoms with van der Waals surface area (Å²) in [6.45, 7) is 7.25. The normalized spacial score (nSPS) is 15.8. The Kier molecular flexibility index (Phi) is 5.79. The summed E-state index contributed by atoms with van der Waals surface area (Å²) < 4.78 is 7.03. The predicted molar refractivity (Wildman–Crippen MR) is 141 cm³/mol. The number of aromatic nitrogens is 4. The van der Waals surface area contributed by atoms with Crippen molar-refractivity contribution in [3.63, 3.8) is 0 Å². The lowest BCUT2D eigenvalue weighted by molar-refractivity contribution is 0.0398. The van der Waals surface area contributed by atoms with E-state index in [0.29, 0.717) is 17.8 Å². The van der Waals surface area contributed by atoms with E-state index >= 15 is 0 Å². The van der Waals surface area contributed by atoms with Gasteiger partial charge in [-0.05, 0) is 42.8 Å². The first-order valence-corrected chi connectivity index (χ1v) is 12.3. The molecule has 1 aliphatic carbocycles. The van der Waals surface area contributed by atoms with Gasteiger partial charge in [-0.15, -0.1) is 0 Å². The van der Waals surface area contributed by atoms with Crippen LogP contribution in [0.25, 0.3) is 22.8 Å². The first-order chi connectivity index (χ1) is 17.6. The number of carbonyl (C=O) groups is 1. The number of ether oxygens (including phenoxy) is 1. The maximum atomic E-state index is 13.5. The highest BCUT2D eigenvalue weighted by molar-refractivity contribution is 6.15. The molecule has 0 bridgehead atoms. The number of H-pyrrole nitrogens is 1. The third-order valence-corrected chi connectivity index (χ3v) is 6.91. The average Bonchev–Trinajstić information content (AvgIpc) is 3.59. The number of aryl methyl sites for hydroxylation is 1. The molecule has 1 saturated heterocycles. The summed E-state index contributed by atoms with van der Waals surface area (Å²) in [5.41, 5.74) is 13.4. The zero-order chi connectivity index (χ0) is 24.6. The van der Waals surface area contributed by atoms with E-state index in [4.69, 9.17) is 10.5 Å². The number of hydrogen-bond donors (Lipinski definition) is 3. The molecule has 1 aliphatic heterocycles. The van der Waals surface area contributed by atoms with Crippen LogP contribution in [0, 0.1) is 6.92 Å². The monoisotopic (exact) mass is 483 g/mol. The molecule has 3 heterocycles. The minimum absolute atomic E-state index is 0.0901. The summed E-state index contributed by atoms with van der Waals surface area (Å²) in [6.07, 6.45) is 4.13. The maximum absolute atomic E-state index is 13.5. The number of fused-ring (bicyclic) bond motifs is 2. The maximum Gasteiger partial charge on any atom is 0.194 e. The lowest BCUT2D eigenvalue weighted by atomic mass is 10.0. The van der Waals surface area contributed by atoms with Gasteiger partial charge in [0.2, 0.25) is 0 Å². The Morgan fingerprint density at radius 3 is 2.94 bits per heavy atom. The van der Waals surface area contributed by atoms with Crippen LogP contribution in [0.3, 0.4) is 0 Å². The van der Waals surface area contributed by atoms with Crippen LogP contribution in [-0.2, 0) is 11.2 Å². The summed E-state index contributed by atoms with van der Waals surface area (Å²) in [7, 11) is 0. The second kappa shape index (κ2) is 9.25. The molecule has 1 fully saturated rings. The fourth-order valence-corrected chi connectivity index (χ4v) is 5.01. The zero-order valence-electron chi connectivity index (χ0n) is 20.3. The van der Waals surface area contributed by atoms with Gasteiger partial charge < -0.3 is 20.8 Å². The van der Waals surface area contributed by atoms with E-state index in [1.54, 1.807) is 10.9 Å². The van der Waals surface area contributed by atoms with Crippen molar-refractivity contribution in [2.75, 3.05) is 50.4 Å². The van der Waals surface area contributed by atoms with Gasteiger partial charge in [-0.1, -0.05) is 12.1 Å². The van der Waals surface area contributed by atoms with Crippen LogP contribution in [0.1, 0.15) is 27.3 Å². The van der Waals surface area contributed by atoms with Crippen LogP contribution in [0.15, 0.2) is 48.2 Å². The smallest absolute Gasteiger partial charge is 0.194 e. The number of nitrogens with zero attached hydrogens (tertiary/aromatic N) is 4. The van der Waals surface area contributed by atoms with Crippen molar-refractivity contribution < 1.29 is 9.53 Å². The first kappa shape index (κ1) is 22.5. The second-order valence-corrected chi connectivity index (χ2v) is 9.31. The Labute approximate surface area is 209 Å². The number of hydrogen-bond acceptors (Lipinski definition) is 7. The molecule has 2 aromatic carbocycles. The lowest BCUT2D eigenvalue weighted by Crippen LogP contribution is -2.39. The Morgan fingerprint density at radius 2 is 2.08 bits per heavy atom. The summed E-state index contributed by atoms with van der Waals surface area (Å²) in [6, 6.07) is 11.9. The minimum atomic E-state index is -0.0901. The highest BCUT2D eigenvalue weighted by Crippen LogP contribution is 2.33. The highest BCUT2D eigenvalue weighted by Gasteiger charge is 2.25. The molecule has 184 valence electrons. The molecular formula is C27H29N7O2. The minimum Gasteiger partial charge on any atom is -0.383 e. The van der Waals surface area contributed by atoms with Gasteiger partial charge in [0.15, 0.2) is 5.78 Å². The largest absolute Gasteiger partial charge is 0.383 e. The zero-order valence-corrected chi connectivity index (χ0v) is 20.3. The fraction of sp³-hybridized carbons (Fsp3) is 0.296. The molecule has 0 atom stereocenters. The van der Waals surface area contributed by atoms with E-state index in [2.05, 4.69) is 37.4 Å². The predicted octanol–water partition coefficient (Wildman–Crippen LogP) is 3.21. The van der Waals surface area contributed by atoms with Gasteiger partial charge in [-0.25, -0.2) is 9.67 Å². The van der Waals surface area contributed by atoms with Gasteiger partial charge in [0.25, 0.3) is 0 Å². The molecule has 0 spiro atoms. The van der Waals surface area contributed by atoms with Crippen LogP contribution < -0.4 is 11.1 Å². The molecule has 9 nitrogen and oxygen atoms in total. The van der Waals surface area contributed by atoms with Crippen LogP contribution in [0.4, 0.5) is 11.5 Å². The SMILES string of the molecule is Cc1nc2ccc(-n3ncc(C(=O)C4=Cc5c(cccc5NCCN5CCOCC5)C4)c3N)cc2[nH]1. The summed E-state index contributed by atoms with van der Waals surface area (Å²) >= 11 is 0. The molecule has 4 N–H and O–H groups in total. The molecule has 36 heavy (non-hydrogen) atoms. The van der Waals surface area contributed by atoms with E-state index < -0.39 is 0 Å². The van der Waals surface area contributed by atoms with E-state index in [1.165, 1.54) is 0 Å². The molecule has 6 rings (SSSR count). The number of nitrogen functional groups attached to an aromatic ring is 1. The Morgan fingerprint density at radius 1 is 1.22 bits per heavy atom. The van der Waals surface area contributed by atoms with E-state index in [-0.39, 0.29) is 5.78 Å². The molecule has 0 radical (unpaired) electrons. The quantitative estimate of drug-likeness (QED) is 0.346. The van der Waals surface area contributed by atoms with Gasteiger partial charge in [-0.2, -0.15) is 5.10 Å². The number of imidazole rings is 1. The van der Waals surface area contributed by atoms with Crippen molar-refractivity contribution in [3.8, 4) is 5.69 Å². The molecule has 0 unspecified atom stereocenters. The Bertz CT molecular complexity index is 1480. The molecule has 0 amide bonds. The number of Topliss-reactive ketones (excluding diaryl/α,β-unsaturated/α-hetero) is 1. The Balaban J connectivity index is 1.20. The third-order valence-electron chi connectivity index (χ3n) is 6.91. The number of morpholine rings is 1. The number of aromatic amines is 1. The van der Waals surface area contributed by atoms with Crippen molar-refractivity contribution in [2.24, 2.45) is 0 Å². The average molecular weight is 484 g/mol. The molecule has 2 aliphatic rings. The van der Waals surface area contributed by atoms with Crippen molar-refractivity contribution in [2.45, 2.75) is 13.3 Å². The number of carbonyl (C=O) groups excluding carboxylic acids is 1. The molecule has 4 aromatic rings. The number of nitrogens with one attached hydrogen (secondary N) is 2. The number of nitrogens with two attached hydrogens (primary N) is 1. The highest BCUT2D eigenvalue weighted by atomic mass is 16.5. The van der Waals surface area contributed by atoms with Crippen LogP contribution >= 0.6 is 0 Å². The number of ketones is 1. The first-order valence-electron chi connectivity index (χ1n) is 12.3. The van der Waals surface area contributed by atoms with Gasteiger partial charge in [0.05, 0.1) is 41.7 Å². The molecule has 0 saturated carbocycles. The van der Waals surface area contributed by atoms with Crippen molar-refractivity contribution in [1.29, 1.82) is 0 Å². The number of allylic oxidation sites excluding steroid dienone is 1.